The first-order chi connectivity index (χ1) is 14.0. The summed E-state index contributed by atoms with van der Waals surface area (Å²) in [5.41, 5.74) is 1.33. The summed E-state index contributed by atoms with van der Waals surface area (Å²) in [7, 11) is 0. The van der Waals surface area contributed by atoms with Gasteiger partial charge in [0.15, 0.2) is 5.16 Å². The van der Waals surface area contributed by atoms with Gasteiger partial charge in [-0.05, 0) is 47.8 Å². The summed E-state index contributed by atoms with van der Waals surface area (Å²) >= 11 is 8.74. The van der Waals surface area contributed by atoms with Crippen LogP contribution in [0.1, 0.15) is 0 Å². The lowest BCUT2D eigenvalue weighted by molar-refractivity contribution is -0.113. The monoisotopic (exact) mass is 445 g/mol. The van der Waals surface area contributed by atoms with Crippen LogP contribution in [0.5, 0.6) is 0 Å². The van der Waals surface area contributed by atoms with E-state index in [9.17, 15) is 14.0 Å². The lowest BCUT2D eigenvalue weighted by Crippen LogP contribution is -2.22. The minimum Gasteiger partial charge on any atom is -0.325 e. The molecule has 4 aromatic rings. The Balaban J connectivity index is 1.65. The Morgan fingerprint density at radius 1 is 1.17 bits per heavy atom. The van der Waals surface area contributed by atoms with Crippen molar-refractivity contribution in [3.05, 3.63) is 81.2 Å². The minimum atomic E-state index is -0.380. The maximum atomic E-state index is 13.1. The number of thiophene rings is 1. The van der Waals surface area contributed by atoms with Crippen LogP contribution in [0.25, 0.3) is 15.9 Å². The summed E-state index contributed by atoms with van der Waals surface area (Å²) in [6.45, 7) is 0. The second kappa shape index (κ2) is 8.36. The van der Waals surface area contributed by atoms with Gasteiger partial charge in [0.2, 0.25) is 5.91 Å². The first-order valence-electron chi connectivity index (χ1n) is 8.46. The molecule has 2 aromatic heterocycles. The highest BCUT2D eigenvalue weighted by Crippen LogP contribution is 2.27. The Labute approximate surface area is 178 Å². The molecule has 0 atom stereocenters. The van der Waals surface area contributed by atoms with Crippen molar-refractivity contribution in [2.45, 2.75) is 5.16 Å². The highest BCUT2D eigenvalue weighted by molar-refractivity contribution is 7.99. The Bertz CT molecular complexity index is 1250. The number of halogens is 2. The van der Waals surface area contributed by atoms with Crippen molar-refractivity contribution in [1.29, 1.82) is 0 Å². The zero-order valence-corrected chi connectivity index (χ0v) is 17.2. The van der Waals surface area contributed by atoms with Crippen molar-refractivity contribution in [2.75, 3.05) is 11.1 Å². The molecule has 29 heavy (non-hydrogen) atoms. The van der Waals surface area contributed by atoms with Gasteiger partial charge < -0.3 is 5.32 Å². The molecule has 0 unspecified atom stereocenters. The van der Waals surface area contributed by atoms with Gasteiger partial charge in [-0.25, -0.2) is 9.37 Å². The fourth-order valence-electron chi connectivity index (χ4n) is 2.69. The van der Waals surface area contributed by atoms with Crippen molar-refractivity contribution in [1.82, 2.24) is 9.55 Å². The summed E-state index contributed by atoms with van der Waals surface area (Å²) in [6, 6.07) is 14.2. The van der Waals surface area contributed by atoms with Gasteiger partial charge in [0.05, 0.1) is 22.0 Å². The summed E-state index contributed by atoms with van der Waals surface area (Å²) in [4.78, 5) is 29.9. The second-order valence-electron chi connectivity index (χ2n) is 5.97. The zero-order valence-electron chi connectivity index (χ0n) is 14.8. The average molecular weight is 446 g/mol. The number of benzene rings is 2. The van der Waals surface area contributed by atoms with Crippen LogP contribution in [0.3, 0.4) is 0 Å². The van der Waals surface area contributed by atoms with Gasteiger partial charge in [-0.15, -0.1) is 11.3 Å². The van der Waals surface area contributed by atoms with Crippen molar-refractivity contribution in [3.8, 4) is 5.69 Å². The molecule has 0 bridgehead atoms. The van der Waals surface area contributed by atoms with Crippen molar-refractivity contribution in [3.63, 3.8) is 0 Å². The molecular formula is C20H13ClFN3O2S2. The van der Waals surface area contributed by atoms with E-state index in [-0.39, 0.29) is 23.0 Å². The van der Waals surface area contributed by atoms with E-state index in [1.807, 2.05) is 0 Å². The standard InChI is InChI=1S/C20H13ClFN3O2S2/c21-14-3-1-2-4-16(14)25-19(27)18-15(9-10-28-18)24-20(25)29-11-17(26)23-13-7-5-12(22)6-8-13/h1-10H,11H2,(H,23,26). The Kier molecular flexibility index (Phi) is 5.66. The van der Waals surface area contributed by atoms with Crippen LogP contribution in [-0.2, 0) is 4.79 Å². The summed E-state index contributed by atoms with van der Waals surface area (Å²) < 4.78 is 14.9. The number of hydrogen-bond donors (Lipinski definition) is 1. The molecule has 9 heteroatoms. The van der Waals surface area contributed by atoms with E-state index >= 15 is 0 Å². The number of anilines is 1. The van der Waals surface area contributed by atoms with Gasteiger partial charge in [0.25, 0.3) is 5.56 Å². The molecule has 146 valence electrons. The molecule has 1 N–H and O–H groups in total. The number of nitrogens with zero attached hydrogens (tertiary/aromatic N) is 2. The molecule has 0 spiro atoms. The van der Waals surface area contributed by atoms with E-state index in [4.69, 9.17) is 11.6 Å². The molecule has 0 aliphatic carbocycles. The minimum absolute atomic E-state index is 0.0178. The molecule has 0 aliphatic rings. The smallest absolute Gasteiger partial charge is 0.276 e. The van der Waals surface area contributed by atoms with E-state index in [2.05, 4.69) is 10.3 Å². The average Bonchev–Trinajstić information content (AvgIpc) is 3.18. The number of thioether (sulfide) groups is 1. The highest BCUT2D eigenvalue weighted by atomic mass is 35.5. The fourth-order valence-corrected chi connectivity index (χ4v) is 4.48. The van der Waals surface area contributed by atoms with Crippen LogP contribution >= 0.6 is 34.7 Å². The Hall–Kier alpha value is -2.68. The van der Waals surface area contributed by atoms with Gasteiger partial charge in [-0.1, -0.05) is 35.5 Å². The van der Waals surface area contributed by atoms with Crippen LogP contribution in [0, 0.1) is 5.82 Å². The number of carbonyl (C=O) groups is 1. The molecule has 2 heterocycles. The predicted molar refractivity (Wildman–Crippen MR) is 116 cm³/mol. The molecule has 0 saturated carbocycles. The molecule has 0 fully saturated rings. The Morgan fingerprint density at radius 3 is 2.69 bits per heavy atom. The summed E-state index contributed by atoms with van der Waals surface area (Å²) in [5, 5.41) is 5.26. The number of aromatic nitrogens is 2. The molecule has 0 saturated heterocycles. The molecular weight excluding hydrogens is 433 g/mol. The first-order valence-corrected chi connectivity index (χ1v) is 10.7. The van der Waals surface area contributed by atoms with Gasteiger partial charge in [0.1, 0.15) is 10.5 Å². The molecule has 0 aliphatic heterocycles. The zero-order chi connectivity index (χ0) is 20.4. The van der Waals surface area contributed by atoms with Crippen molar-refractivity contribution >= 4 is 56.5 Å². The third-order valence-corrected chi connectivity index (χ3v) is 6.15. The molecule has 4 rings (SSSR count). The molecule has 0 radical (unpaired) electrons. The third kappa shape index (κ3) is 4.19. The summed E-state index contributed by atoms with van der Waals surface area (Å²) in [5.74, 6) is -0.662. The second-order valence-corrected chi connectivity index (χ2v) is 8.23. The maximum absolute atomic E-state index is 13.1. The number of nitrogens with one attached hydrogen (secondary N) is 1. The van der Waals surface area contributed by atoms with Crippen molar-refractivity contribution in [2.24, 2.45) is 0 Å². The SMILES string of the molecule is O=C(CSc1nc2ccsc2c(=O)n1-c1ccccc1Cl)Nc1ccc(F)cc1. The predicted octanol–water partition coefficient (Wildman–Crippen LogP) is 4.97. The van der Waals surface area contributed by atoms with Gasteiger partial charge in [-0.2, -0.15) is 0 Å². The quantitative estimate of drug-likeness (QED) is 0.348. The molecule has 1 amide bonds. The lowest BCUT2D eigenvalue weighted by atomic mass is 10.3. The van der Waals surface area contributed by atoms with Gasteiger partial charge >= 0.3 is 0 Å². The van der Waals surface area contributed by atoms with Gasteiger partial charge in [0, 0.05) is 5.69 Å². The van der Waals surface area contributed by atoms with E-state index < -0.39 is 0 Å². The van der Waals surface area contributed by atoms with E-state index in [0.717, 1.165) is 11.8 Å². The number of para-hydroxylation sites is 1. The highest BCUT2D eigenvalue weighted by Gasteiger charge is 2.17. The largest absolute Gasteiger partial charge is 0.325 e. The number of rotatable bonds is 5. The fraction of sp³-hybridized carbons (Fsp3) is 0.0500. The third-order valence-electron chi connectivity index (χ3n) is 4.00. The number of carbonyl (C=O) groups excluding carboxylic acids is 1. The van der Waals surface area contributed by atoms with E-state index in [0.29, 0.717) is 31.8 Å². The van der Waals surface area contributed by atoms with Crippen LogP contribution in [0.2, 0.25) is 5.02 Å². The van der Waals surface area contributed by atoms with Gasteiger partial charge in [-0.3, -0.25) is 14.2 Å². The van der Waals surface area contributed by atoms with Crippen LogP contribution in [0.4, 0.5) is 10.1 Å². The lowest BCUT2D eigenvalue weighted by Gasteiger charge is -2.13. The van der Waals surface area contributed by atoms with E-state index in [1.165, 1.54) is 40.2 Å². The van der Waals surface area contributed by atoms with Crippen molar-refractivity contribution < 1.29 is 9.18 Å². The molecule has 5 nitrogen and oxygen atoms in total. The molecule has 2 aromatic carbocycles. The maximum Gasteiger partial charge on any atom is 0.276 e. The number of fused-ring (bicyclic) bond motifs is 1. The summed E-state index contributed by atoms with van der Waals surface area (Å²) in [6.07, 6.45) is 0. The van der Waals surface area contributed by atoms with Crippen LogP contribution in [-0.4, -0.2) is 21.2 Å². The van der Waals surface area contributed by atoms with Crippen LogP contribution < -0.4 is 10.9 Å². The topological polar surface area (TPSA) is 64.0 Å². The number of amides is 1. The van der Waals surface area contributed by atoms with Crippen LogP contribution in [0.15, 0.2) is 69.9 Å². The van der Waals surface area contributed by atoms with E-state index in [1.54, 1.807) is 35.7 Å². The normalized spacial score (nSPS) is 11.0. The number of hydrogen-bond acceptors (Lipinski definition) is 5. The Morgan fingerprint density at radius 2 is 1.93 bits per heavy atom. The first kappa shape index (κ1) is 19.6.